The maximum absolute atomic E-state index is 6.81. The molecule has 0 amide bonds. The maximum Gasteiger partial charge on any atom is 0.0696 e. The fourth-order valence-corrected chi connectivity index (χ4v) is 6.39. The van der Waals surface area contributed by atoms with Gasteiger partial charge in [-0.15, -0.1) is 0 Å². The van der Waals surface area contributed by atoms with E-state index in [-0.39, 0.29) is 6.04 Å². The quantitative estimate of drug-likeness (QED) is 0.886. The predicted molar refractivity (Wildman–Crippen MR) is 87.7 cm³/mol. The van der Waals surface area contributed by atoms with Gasteiger partial charge in [0.15, 0.2) is 0 Å². The Balaban J connectivity index is 1.63. The van der Waals surface area contributed by atoms with E-state index in [4.69, 9.17) is 5.73 Å². The first-order valence-electron chi connectivity index (χ1n) is 8.64. The molecule has 4 heteroatoms. The Morgan fingerprint density at radius 2 is 1.86 bits per heavy atom. The van der Waals surface area contributed by atoms with E-state index in [2.05, 4.69) is 32.6 Å². The van der Waals surface area contributed by atoms with E-state index >= 15 is 0 Å². The van der Waals surface area contributed by atoms with Crippen LogP contribution in [0.25, 0.3) is 0 Å². The van der Waals surface area contributed by atoms with E-state index in [1.807, 2.05) is 6.20 Å². The molecule has 5 rings (SSSR count). The number of halogens is 1. The monoisotopic (exact) mass is 351 g/mol. The summed E-state index contributed by atoms with van der Waals surface area (Å²) in [7, 11) is 0. The molecule has 21 heavy (non-hydrogen) atoms. The van der Waals surface area contributed by atoms with Crippen LogP contribution >= 0.6 is 15.9 Å². The average molecular weight is 352 g/mol. The Hall–Kier alpha value is -0.350. The lowest BCUT2D eigenvalue weighted by Gasteiger charge is -2.56. The minimum Gasteiger partial charge on any atom is -0.322 e. The largest absolute Gasteiger partial charge is 0.322 e. The molecule has 4 saturated carbocycles. The van der Waals surface area contributed by atoms with E-state index in [0.717, 1.165) is 41.1 Å². The van der Waals surface area contributed by atoms with Crippen LogP contribution in [0.1, 0.15) is 57.2 Å². The van der Waals surface area contributed by atoms with E-state index in [1.165, 1.54) is 37.8 Å². The fraction of sp³-hybridized carbons (Fsp3) is 0.824. The van der Waals surface area contributed by atoms with Crippen LogP contribution in [-0.2, 0) is 6.54 Å². The smallest absolute Gasteiger partial charge is 0.0696 e. The van der Waals surface area contributed by atoms with Gasteiger partial charge in [0, 0.05) is 6.54 Å². The molecule has 1 aromatic heterocycles. The summed E-state index contributed by atoms with van der Waals surface area (Å²) in [5, 5.41) is 4.53. The van der Waals surface area contributed by atoms with Gasteiger partial charge in [-0.2, -0.15) is 5.10 Å². The van der Waals surface area contributed by atoms with Gasteiger partial charge in [-0.05, 0) is 84.0 Å². The number of aryl methyl sites for hydroxylation is 1. The second kappa shape index (κ2) is 5.38. The molecule has 1 atom stereocenters. The van der Waals surface area contributed by atoms with Gasteiger partial charge in [-0.1, -0.05) is 6.92 Å². The van der Waals surface area contributed by atoms with E-state index in [0.29, 0.717) is 5.92 Å². The Bertz CT molecular complexity index is 496. The van der Waals surface area contributed by atoms with Crippen molar-refractivity contribution >= 4 is 15.9 Å². The van der Waals surface area contributed by atoms with Crippen molar-refractivity contribution in [3.63, 3.8) is 0 Å². The number of hydrogen-bond acceptors (Lipinski definition) is 2. The number of rotatable bonds is 4. The highest BCUT2D eigenvalue weighted by molar-refractivity contribution is 9.10. The fourth-order valence-electron chi connectivity index (χ4n) is 5.83. The molecule has 0 aromatic carbocycles. The second-order valence-corrected chi connectivity index (χ2v) is 8.49. The van der Waals surface area contributed by atoms with Crippen molar-refractivity contribution in [3.05, 3.63) is 16.4 Å². The SMILES string of the molecule is CCCn1ncc(Br)c1C(N)C1C2CC3CC(C2)CC1C3. The molecular formula is C17H26BrN3. The summed E-state index contributed by atoms with van der Waals surface area (Å²) in [4.78, 5) is 0. The first-order chi connectivity index (χ1) is 10.2. The van der Waals surface area contributed by atoms with Crippen LogP contribution in [0.3, 0.4) is 0 Å². The molecule has 2 N–H and O–H groups in total. The molecule has 0 saturated heterocycles. The first-order valence-corrected chi connectivity index (χ1v) is 9.43. The lowest BCUT2D eigenvalue weighted by molar-refractivity contribution is -0.0482. The standard InChI is InChI=1S/C17H26BrN3/c1-2-3-21-17(14(18)9-20-21)16(19)15-12-5-10-4-11(7-12)8-13(15)6-10/h9-13,15-16H,2-8,19H2,1H3. The minimum absolute atomic E-state index is 0.156. The summed E-state index contributed by atoms with van der Waals surface area (Å²) in [6.07, 6.45) is 10.3. The Morgan fingerprint density at radius 3 is 2.43 bits per heavy atom. The second-order valence-electron chi connectivity index (χ2n) is 7.63. The van der Waals surface area contributed by atoms with Crippen LogP contribution < -0.4 is 5.73 Å². The highest BCUT2D eigenvalue weighted by Crippen LogP contribution is 2.59. The third-order valence-electron chi connectivity index (χ3n) is 6.30. The molecule has 0 spiro atoms. The predicted octanol–water partition coefficient (Wildman–Crippen LogP) is 4.13. The number of nitrogens with zero attached hydrogens (tertiary/aromatic N) is 2. The van der Waals surface area contributed by atoms with Crippen molar-refractivity contribution in [2.45, 2.75) is 58.0 Å². The lowest BCUT2D eigenvalue weighted by Crippen LogP contribution is -2.49. The van der Waals surface area contributed by atoms with Gasteiger partial charge in [-0.25, -0.2) is 0 Å². The molecular weight excluding hydrogens is 326 g/mol. The molecule has 4 aliphatic rings. The van der Waals surface area contributed by atoms with Gasteiger partial charge < -0.3 is 5.73 Å². The molecule has 1 unspecified atom stereocenters. The first kappa shape index (κ1) is 14.3. The minimum atomic E-state index is 0.156. The molecule has 1 heterocycles. The zero-order valence-corrected chi connectivity index (χ0v) is 14.4. The summed E-state index contributed by atoms with van der Waals surface area (Å²) < 4.78 is 3.25. The number of nitrogens with two attached hydrogens (primary N) is 1. The van der Waals surface area contributed by atoms with E-state index in [1.54, 1.807) is 0 Å². The Kier molecular flexibility index (Phi) is 3.65. The normalized spacial score (nSPS) is 38.9. The van der Waals surface area contributed by atoms with Gasteiger partial charge in [0.05, 0.1) is 22.4 Å². The van der Waals surface area contributed by atoms with Crippen LogP contribution in [0.2, 0.25) is 0 Å². The molecule has 116 valence electrons. The molecule has 0 aliphatic heterocycles. The lowest BCUT2D eigenvalue weighted by atomic mass is 9.50. The van der Waals surface area contributed by atoms with Crippen molar-refractivity contribution in [2.75, 3.05) is 0 Å². The molecule has 4 fully saturated rings. The third kappa shape index (κ3) is 2.29. The van der Waals surface area contributed by atoms with E-state index in [9.17, 15) is 0 Å². The van der Waals surface area contributed by atoms with Gasteiger partial charge in [-0.3, -0.25) is 4.68 Å². The van der Waals surface area contributed by atoms with Gasteiger partial charge >= 0.3 is 0 Å². The van der Waals surface area contributed by atoms with Gasteiger partial charge in [0.1, 0.15) is 0 Å². The van der Waals surface area contributed by atoms with Crippen molar-refractivity contribution in [1.29, 1.82) is 0 Å². The Labute approximate surface area is 135 Å². The molecule has 4 aliphatic carbocycles. The summed E-state index contributed by atoms with van der Waals surface area (Å²) >= 11 is 3.69. The summed E-state index contributed by atoms with van der Waals surface area (Å²) in [6.45, 7) is 3.18. The molecule has 3 nitrogen and oxygen atoms in total. The average Bonchev–Trinajstić information content (AvgIpc) is 2.79. The van der Waals surface area contributed by atoms with Crippen molar-refractivity contribution < 1.29 is 0 Å². The summed E-state index contributed by atoms with van der Waals surface area (Å²) in [5.74, 6) is 4.45. The Morgan fingerprint density at radius 1 is 1.24 bits per heavy atom. The molecule has 1 aromatic rings. The zero-order chi connectivity index (χ0) is 14.6. The van der Waals surface area contributed by atoms with Gasteiger partial charge in [0.25, 0.3) is 0 Å². The van der Waals surface area contributed by atoms with Crippen LogP contribution in [0.4, 0.5) is 0 Å². The van der Waals surface area contributed by atoms with Crippen LogP contribution in [0.15, 0.2) is 10.7 Å². The zero-order valence-electron chi connectivity index (χ0n) is 12.8. The summed E-state index contributed by atoms with van der Waals surface area (Å²) in [5.41, 5.74) is 8.05. The maximum atomic E-state index is 6.81. The number of aromatic nitrogens is 2. The van der Waals surface area contributed by atoms with Crippen LogP contribution in [0.5, 0.6) is 0 Å². The van der Waals surface area contributed by atoms with Crippen LogP contribution in [-0.4, -0.2) is 9.78 Å². The highest BCUT2D eigenvalue weighted by atomic mass is 79.9. The van der Waals surface area contributed by atoms with E-state index < -0.39 is 0 Å². The highest BCUT2D eigenvalue weighted by Gasteiger charge is 2.50. The van der Waals surface area contributed by atoms with Crippen molar-refractivity contribution in [3.8, 4) is 0 Å². The third-order valence-corrected chi connectivity index (χ3v) is 6.91. The van der Waals surface area contributed by atoms with Crippen molar-refractivity contribution in [2.24, 2.45) is 35.3 Å². The summed E-state index contributed by atoms with van der Waals surface area (Å²) in [6, 6.07) is 0.156. The van der Waals surface area contributed by atoms with Crippen LogP contribution in [0, 0.1) is 29.6 Å². The molecule has 0 radical (unpaired) electrons. The number of hydrogen-bond donors (Lipinski definition) is 1. The molecule has 4 bridgehead atoms. The van der Waals surface area contributed by atoms with Gasteiger partial charge in [0.2, 0.25) is 0 Å². The van der Waals surface area contributed by atoms with Crippen molar-refractivity contribution in [1.82, 2.24) is 9.78 Å². The topological polar surface area (TPSA) is 43.8 Å².